The fourth-order valence-corrected chi connectivity index (χ4v) is 2.06. The van der Waals surface area contributed by atoms with Crippen LogP contribution in [0, 0.1) is 11.6 Å². The van der Waals surface area contributed by atoms with Gasteiger partial charge < -0.3 is 5.73 Å². The van der Waals surface area contributed by atoms with Crippen molar-refractivity contribution in [3.05, 3.63) is 70.8 Å². The number of halogens is 2. The Kier molecular flexibility index (Phi) is 4.27. The van der Waals surface area contributed by atoms with Crippen LogP contribution in [0.5, 0.6) is 0 Å². The monoisotopic (exact) mass is 261 g/mol. The third kappa shape index (κ3) is 3.18. The zero-order valence-electron chi connectivity index (χ0n) is 10.9. The van der Waals surface area contributed by atoms with Crippen LogP contribution >= 0.6 is 0 Å². The second-order valence-electron chi connectivity index (χ2n) is 4.62. The second kappa shape index (κ2) is 5.93. The van der Waals surface area contributed by atoms with Crippen molar-refractivity contribution in [3.8, 4) is 0 Å². The minimum absolute atomic E-state index is 0.287. The Morgan fingerprint density at radius 1 is 1.05 bits per heavy atom. The van der Waals surface area contributed by atoms with Crippen LogP contribution in [0.25, 0.3) is 0 Å². The van der Waals surface area contributed by atoms with Crippen molar-refractivity contribution in [1.29, 1.82) is 0 Å². The van der Waals surface area contributed by atoms with E-state index in [9.17, 15) is 8.78 Å². The molecule has 0 heterocycles. The third-order valence-corrected chi connectivity index (χ3v) is 3.29. The molecule has 0 aliphatic heterocycles. The molecule has 0 fully saturated rings. The molecule has 3 heteroatoms. The summed E-state index contributed by atoms with van der Waals surface area (Å²) in [5.74, 6) is -1.63. The molecule has 2 aromatic carbocycles. The van der Waals surface area contributed by atoms with Gasteiger partial charge in [-0.3, -0.25) is 0 Å². The third-order valence-electron chi connectivity index (χ3n) is 3.29. The molecule has 1 atom stereocenters. The van der Waals surface area contributed by atoms with E-state index in [0.717, 1.165) is 18.1 Å². The normalized spacial score (nSPS) is 12.4. The average Bonchev–Trinajstić information content (AvgIpc) is 2.44. The van der Waals surface area contributed by atoms with Gasteiger partial charge in [-0.2, -0.15) is 0 Å². The number of nitrogens with two attached hydrogens (primary N) is 1. The molecule has 0 aliphatic carbocycles. The molecule has 0 spiro atoms. The average molecular weight is 261 g/mol. The Balaban J connectivity index is 2.15. The SMILES string of the molecule is CCc1ccc(C(N)Cc2cccc(F)c2F)cc1. The Bertz CT molecular complexity index is 549. The van der Waals surface area contributed by atoms with Gasteiger partial charge in [-0.1, -0.05) is 43.3 Å². The molecule has 0 saturated heterocycles. The number of aryl methyl sites for hydroxylation is 1. The van der Waals surface area contributed by atoms with Gasteiger partial charge in [0.1, 0.15) is 0 Å². The van der Waals surface area contributed by atoms with E-state index in [1.807, 2.05) is 24.3 Å². The number of benzene rings is 2. The molecule has 1 unspecified atom stereocenters. The van der Waals surface area contributed by atoms with Crippen molar-refractivity contribution in [2.75, 3.05) is 0 Å². The molecule has 0 amide bonds. The van der Waals surface area contributed by atoms with Gasteiger partial charge in [0.15, 0.2) is 11.6 Å². The Labute approximate surface area is 112 Å². The zero-order valence-corrected chi connectivity index (χ0v) is 10.9. The summed E-state index contributed by atoms with van der Waals surface area (Å²) < 4.78 is 26.7. The number of hydrogen-bond donors (Lipinski definition) is 1. The highest BCUT2D eigenvalue weighted by molar-refractivity contribution is 5.27. The predicted octanol–water partition coefficient (Wildman–Crippen LogP) is 3.77. The lowest BCUT2D eigenvalue weighted by Gasteiger charge is -2.13. The number of rotatable bonds is 4. The highest BCUT2D eigenvalue weighted by Crippen LogP contribution is 2.20. The minimum atomic E-state index is -0.828. The fourth-order valence-electron chi connectivity index (χ4n) is 2.06. The first-order valence-electron chi connectivity index (χ1n) is 6.39. The van der Waals surface area contributed by atoms with Crippen molar-refractivity contribution >= 4 is 0 Å². The molecule has 0 aliphatic rings. The molecule has 0 saturated carbocycles. The van der Waals surface area contributed by atoms with Crippen LogP contribution in [0.15, 0.2) is 42.5 Å². The van der Waals surface area contributed by atoms with Crippen LogP contribution in [0.2, 0.25) is 0 Å². The van der Waals surface area contributed by atoms with E-state index in [2.05, 4.69) is 6.92 Å². The van der Waals surface area contributed by atoms with Gasteiger partial charge in [0, 0.05) is 6.04 Å². The topological polar surface area (TPSA) is 26.0 Å². The van der Waals surface area contributed by atoms with Crippen LogP contribution in [0.3, 0.4) is 0 Å². The van der Waals surface area contributed by atoms with Crippen molar-refractivity contribution in [2.45, 2.75) is 25.8 Å². The molecule has 0 aromatic heterocycles. The van der Waals surface area contributed by atoms with Gasteiger partial charge in [0.2, 0.25) is 0 Å². The molecule has 100 valence electrons. The van der Waals surface area contributed by atoms with Crippen molar-refractivity contribution in [3.63, 3.8) is 0 Å². The lowest BCUT2D eigenvalue weighted by atomic mass is 9.98. The molecule has 2 rings (SSSR count). The molecular weight excluding hydrogens is 244 g/mol. The summed E-state index contributed by atoms with van der Waals surface area (Å²) in [7, 11) is 0. The van der Waals surface area contributed by atoms with Crippen molar-refractivity contribution < 1.29 is 8.78 Å². The minimum Gasteiger partial charge on any atom is -0.324 e. The van der Waals surface area contributed by atoms with E-state index < -0.39 is 11.6 Å². The van der Waals surface area contributed by atoms with E-state index in [-0.39, 0.29) is 12.5 Å². The van der Waals surface area contributed by atoms with Crippen molar-refractivity contribution in [1.82, 2.24) is 0 Å². The summed E-state index contributed by atoms with van der Waals surface area (Å²) in [6.07, 6.45) is 1.25. The van der Waals surface area contributed by atoms with E-state index in [1.165, 1.54) is 11.6 Å². The Morgan fingerprint density at radius 3 is 2.37 bits per heavy atom. The van der Waals surface area contributed by atoms with E-state index in [0.29, 0.717) is 5.56 Å². The van der Waals surface area contributed by atoms with E-state index >= 15 is 0 Å². The maximum Gasteiger partial charge on any atom is 0.162 e. The van der Waals surface area contributed by atoms with Crippen LogP contribution in [-0.4, -0.2) is 0 Å². The smallest absolute Gasteiger partial charge is 0.162 e. The first-order valence-corrected chi connectivity index (χ1v) is 6.39. The highest BCUT2D eigenvalue weighted by Gasteiger charge is 2.12. The molecule has 0 radical (unpaired) electrons. The lowest BCUT2D eigenvalue weighted by molar-refractivity contribution is 0.494. The molecule has 2 N–H and O–H groups in total. The predicted molar refractivity (Wildman–Crippen MR) is 72.8 cm³/mol. The first-order chi connectivity index (χ1) is 9.11. The Morgan fingerprint density at radius 2 is 1.74 bits per heavy atom. The lowest BCUT2D eigenvalue weighted by Crippen LogP contribution is -2.14. The largest absolute Gasteiger partial charge is 0.324 e. The Hall–Kier alpha value is -1.74. The summed E-state index contributed by atoms with van der Waals surface area (Å²) in [5, 5.41) is 0. The first kappa shape index (κ1) is 13.7. The maximum atomic E-state index is 13.6. The molecule has 19 heavy (non-hydrogen) atoms. The quantitative estimate of drug-likeness (QED) is 0.890. The zero-order chi connectivity index (χ0) is 13.8. The van der Waals surface area contributed by atoms with Crippen LogP contribution < -0.4 is 5.73 Å². The van der Waals surface area contributed by atoms with Gasteiger partial charge >= 0.3 is 0 Å². The van der Waals surface area contributed by atoms with Gasteiger partial charge in [-0.15, -0.1) is 0 Å². The second-order valence-corrected chi connectivity index (χ2v) is 4.62. The maximum absolute atomic E-state index is 13.6. The van der Waals surface area contributed by atoms with Gasteiger partial charge in [0.25, 0.3) is 0 Å². The van der Waals surface area contributed by atoms with E-state index in [1.54, 1.807) is 6.07 Å². The summed E-state index contributed by atoms with van der Waals surface area (Å²) in [4.78, 5) is 0. The molecule has 2 aromatic rings. The number of hydrogen-bond acceptors (Lipinski definition) is 1. The van der Waals surface area contributed by atoms with Crippen LogP contribution in [0.1, 0.15) is 29.7 Å². The van der Waals surface area contributed by atoms with Gasteiger partial charge in [-0.25, -0.2) is 8.78 Å². The standard InChI is InChI=1S/C16H17F2N/c1-2-11-6-8-12(9-7-11)15(19)10-13-4-3-5-14(17)16(13)18/h3-9,15H,2,10,19H2,1H3. The summed E-state index contributed by atoms with van der Waals surface area (Å²) >= 11 is 0. The van der Waals surface area contributed by atoms with Gasteiger partial charge in [0.05, 0.1) is 0 Å². The van der Waals surface area contributed by atoms with E-state index in [4.69, 9.17) is 5.73 Å². The summed E-state index contributed by atoms with van der Waals surface area (Å²) in [6, 6.07) is 11.8. The molecular formula is C16H17F2N. The molecule has 0 bridgehead atoms. The fraction of sp³-hybridized carbons (Fsp3) is 0.250. The summed E-state index contributed by atoms with van der Waals surface area (Å²) in [5.41, 5.74) is 8.52. The van der Waals surface area contributed by atoms with Crippen LogP contribution in [-0.2, 0) is 12.8 Å². The van der Waals surface area contributed by atoms with Crippen LogP contribution in [0.4, 0.5) is 8.78 Å². The van der Waals surface area contributed by atoms with Crippen molar-refractivity contribution in [2.24, 2.45) is 5.73 Å². The highest BCUT2D eigenvalue weighted by atomic mass is 19.2. The summed E-state index contributed by atoms with van der Waals surface area (Å²) in [6.45, 7) is 2.08. The molecule has 1 nitrogen and oxygen atoms in total. The van der Waals surface area contributed by atoms with Gasteiger partial charge in [-0.05, 0) is 35.6 Å².